The van der Waals surface area contributed by atoms with Crippen molar-refractivity contribution in [2.45, 2.75) is 12.4 Å². The standard InChI is InChI=1S/C26H20ClNO5/c1-31-26(33-15-25(29)30)20-5-3-2-4-18(20)14-32-24-11-7-17(13-21(24)26)22-9-6-16-12-19(27)8-10-23(16)28-22/h2-13H,14-15H2,1H3,(H,29,30). The molecule has 0 radical (unpaired) electrons. The number of pyridine rings is 1. The molecule has 33 heavy (non-hydrogen) atoms. The van der Waals surface area contributed by atoms with E-state index in [1.54, 1.807) is 6.07 Å². The predicted octanol–water partition coefficient (Wildman–Crippen LogP) is 5.40. The molecule has 166 valence electrons. The van der Waals surface area contributed by atoms with Crippen molar-refractivity contribution in [1.29, 1.82) is 0 Å². The van der Waals surface area contributed by atoms with Gasteiger partial charge in [-0.1, -0.05) is 41.9 Å². The molecule has 1 N–H and O–H groups in total. The van der Waals surface area contributed by atoms with E-state index in [1.165, 1.54) is 7.11 Å². The van der Waals surface area contributed by atoms with Crippen LogP contribution >= 0.6 is 11.6 Å². The van der Waals surface area contributed by atoms with Crippen LogP contribution in [0.5, 0.6) is 5.75 Å². The molecule has 0 spiro atoms. The van der Waals surface area contributed by atoms with E-state index in [-0.39, 0.29) is 0 Å². The van der Waals surface area contributed by atoms with Crippen molar-refractivity contribution in [1.82, 2.24) is 4.98 Å². The Bertz CT molecular complexity index is 1370. The zero-order chi connectivity index (χ0) is 23.0. The van der Waals surface area contributed by atoms with E-state index in [9.17, 15) is 9.90 Å². The van der Waals surface area contributed by atoms with Crippen molar-refractivity contribution in [2.75, 3.05) is 13.7 Å². The van der Waals surface area contributed by atoms with Gasteiger partial charge in [-0.15, -0.1) is 0 Å². The number of carboxylic acid groups (broad SMARTS) is 1. The highest BCUT2D eigenvalue weighted by Crippen LogP contribution is 2.45. The van der Waals surface area contributed by atoms with Crippen molar-refractivity contribution >= 4 is 28.5 Å². The van der Waals surface area contributed by atoms with Gasteiger partial charge in [-0.05, 0) is 48.0 Å². The Kier molecular flexibility index (Phi) is 5.50. The molecule has 0 amide bonds. The van der Waals surface area contributed by atoms with Crippen molar-refractivity contribution in [3.8, 4) is 17.0 Å². The molecular weight excluding hydrogens is 442 g/mol. The lowest BCUT2D eigenvalue weighted by molar-refractivity contribution is -0.208. The molecule has 4 aromatic rings. The second kappa shape index (κ2) is 8.48. The lowest BCUT2D eigenvalue weighted by Gasteiger charge is -2.33. The molecule has 3 aromatic carbocycles. The first-order valence-corrected chi connectivity index (χ1v) is 10.7. The minimum absolute atomic E-state index is 0.305. The molecule has 1 unspecified atom stereocenters. The monoisotopic (exact) mass is 461 g/mol. The molecule has 6 nitrogen and oxygen atoms in total. The lowest BCUT2D eigenvalue weighted by atomic mass is 9.91. The van der Waals surface area contributed by atoms with Crippen LogP contribution in [0.2, 0.25) is 5.02 Å². The van der Waals surface area contributed by atoms with E-state index in [0.717, 1.165) is 27.7 Å². The quantitative estimate of drug-likeness (QED) is 0.401. The topological polar surface area (TPSA) is 77.9 Å². The van der Waals surface area contributed by atoms with Crippen LogP contribution in [0.4, 0.5) is 0 Å². The fourth-order valence-corrected chi connectivity index (χ4v) is 4.38. The summed E-state index contributed by atoms with van der Waals surface area (Å²) >= 11 is 6.10. The van der Waals surface area contributed by atoms with Gasteiger partial charge in [-0.2, -0.15) is 0 Å². The molecule has 0 aliphatic carbocycles. The van der Waals surface area contributed by atoms with Gasteiger partial charge in [0.15, 0.2) is 0 Å². The number of hydrogen-bond acceptors (Lipinski definition) is 5. The summed E-state index contributed by atoms with van der Waals surface area (Å²) in [6.45, 7) is -0.236. The van der Waals surface area contributed by atoms with E-state index in [1.807, 2.05) is 66.7 Å². The Hall–Kier alpha value is -3.45. The maximum Gasteiger partial charge on any atom is 0.329 e. The average Bonchev–Trinajstić information content (AvgIpc) is 2.97. The van der Waals surface area contributed by atoms with E-state index >= 15 is 0 Å². The largest absolute Gasteiger partial charge is 0.488 e. The third-order valence-corrected chi connectivity index (χ3v) is 5.96. The van der Waals surface area contributed by atoms with Crippen LogP contribution in [0.25, 0.3) is 22.2 Å². The normalized spacial score (nSPS) is 17.0. The van der Waals surface area contributed by atoms with Gasteiger partial charge in [0.1, 0.15) is 19.0 Å². The number of carbonyl (C=O) groups is 1. The van der Waals surface area contributed by atoms with Crippen LogP contribution in [0.3, 0.4) is 0 Å². The molecule has 1 aliphatic rings. The number of halogens is 1. The van der Waals surface area contributed by atoms with Crippen LogP contribution in [0.1, 0.15) is 16.7 Å². The zero-order valence-electron chi connectivity index (χ0n) is 17.7. The van der Waals surface area contributed by atoms with Gasteiger partial charge in [0.25, 0.3) is 0 Å². The maximum atomic E-state index is 11.4. The summed E-state index contributed by atoms with van der Waals surface area (Å²) in [5, 5.41) is 10.9. The summed E-state index contributed by atoms with van der Waals surface area (Å²) in [6, 6.07) is 22.6. The highest BCUT2D eigenvalue weighted by molar-refractivity contribution is 6.31. The fourth-order valence-electron chi connectivity index (χ4n) is 4.20. The van der Waals surface area contributed by atoms with Crippen LogP contribution in [0.15, 0.2) is 72.8 Å². The smallest absolute Gasteiger partial charge is 0.329 e. The molecule has 1 atom stereocenters. The molecule has 1 aliphatic heterocycles. The number of nitrogens with zero attached hydrogens (tertiary/aromatic N) is 1. The minimum Gasteiger partial charge on any atom is -0.488 e. The third kappa shape index (κ3) is 3.82. The Morgan fingerprint density at radius 3 is 2.76 bits per heavy atom. The summed E-state index contributed by atoms with van der Waals surface area (Å²) in [6.07, 6.45) is 0. The Labute approximate surface area is 195 Å². The number of rotatable bonds is 5. The predicted molar refractivity (Wildman–Crippen MR) is 124 cm³/mol. The van der Waals surface area contributed by atoms with E-state index in [0.29, 0.717) is 28.5 Å². The van der Waals surface area contributed by atoms with Gasteiger partial charge in [0.05, 0.1) is 16.8 Å². The molecule has 2 heterocycles. The molecule has 0 saturated heterocycles. The van der Waals surface area contributed by atoms with Gasteiger partial charge < -0.3 is 19.3 Å². The second-order valence-electron chi connectivity index (χ2n) is 7.69. The summed E-state index contributed by atoms with van der Waals surface area (Å²) in [7, 11) is 1.50. The second-order valence-corrected chi connectivity index (χ2v) is 8.13. The highest BCUT2D eigenvalue weighted by atomic mass is 35.5. The number of aliphatic carboxylic acids is 1. The first-order chi connectivity index (χ1) is 16.0. The van der Waals surface area contributed by atoms with Crippen molar-refractivity contribution < 1.29 is 24.1 Å². The summed E-state index contributed by atoms with van der Waals surface area (Å²) in [5.41, 5.74) is 4.50. The number of benzene rings is 3. The summed E-state index contributed by atoms with van der Waals surface area (Å²) in [4.78, 5) is 16.2. The number of hydrogen-bond donors (Lipinski definition) is 1. The van der Waals surface area contributed by atoms with Crippen LogP contribution < -0.4 is 4.74 Å². The highest BCUT2D eigenvalue weighted by Gasteiger charge is 2.42. The Morgan fingerprint density at radius 2 is 1.94 bits per heavy atom. The SMILES string of the molecule is COC1(OCC(=O)O)c2ccccc2COc2ccc(-c3ccc4cc(Cl)ccc4n3)cc21. The maximum absolute atomic E-state index is 11.4. The number of methoxy groups -OCH3 is 1. The molecule has 0 bridgehead atoms. The van der Waals surface area contributed by atoms with Gasteiger partial charge in [0, 0.05) is 28.6 Å². The van der Waals surface area contributed by atoms with Crippen molar-refractivity contribution in [3.05, 3.63) is 94.5 Å². The van der Waals surface area contributed by atoms with Crippen molar-refractivity contribution in [2.24, 2.45) is 0 Å². The van der Waals surface area contributed by atoms with Gasteiger partial charge in [-0.25, -0.2) is 9.78 Å². The first kappa shape index (κ1) is 21.4. The third-order valence-electron chi connectivity index (χ3n) is 5.72. The lowest BCUT2D eigenvalue weighted by Crippen LogP contribution is -2.36. The molecular formula is C26H20ClNO5. The van der Waals surface area contributed by atoms with E-state index in [4.69, 9.17) is 30.8 Å². The number of carboxylic acids is 1. The van der Waals surface area contributed by atoms with Gasteiger partial charge in [0.2, 0.25) is 5.79 Å². The van der Waals surface area contributed by atoms with Gasteiger partial charge in [-0.3, -0.25) is 0 Å². The van der Waals surface area contributed by atoms with Gasteiger partial charge >= 0.3 is 5.97 Å². The number of fused-ring (bicyclic) bond motifs is 3. The van der Waals surface area contributed by atoms with Crippen molar-refractivity contribution in [3.63, 3.8) is 0 Å². The fraction of sp³-hybridized carbons (Fsp3) is 0.154. The Balaban J connectivity index is 1.69. The molecule has 1 aromatic heterocycles. The summed E-state index contributed by atoms with van der Waals surface area (Å²) < 4.78 is 18.0. The molecule has 0 fully saturated rings. The van der Waals surface area contributed by atoms with Crippen LogP contribution in [0, 0.1) is 0 Å². The molecule has 7 heteroatoms. The first-order valence-electron chi connectivity index (χ1n) is 10.3. The number of ether oxygens (including phenoxy) is 3. The number of aromatic nitrogens is 1. The molecule has 0 saturated carbocycles. The van der Waals surface area contributed by atoms with E-state index < -0.39 is 18.4 Å². The minimum atomic E-state index is -1.46. The zero-order valence-corrected chi connectivity index (χ0v) is 18.5. The van der Waals surface area contributed by atoms with Crippen LogP contribution in [-0.4, -0.2) is 29.8 Å². The van der Waals surface area contributed by atoms with E-state index in [2.05, 4.69) is 0 Å². The average molecular weight is 462 g/mol. The van der Waals surface area contributed by atoms with Crippen LogP contribution in [-0.2, 0) is 26.7 Å². The Morgan fingerprint density at radius 1 is 1.09 bits per heavy atom. The summed E-state index contributed by atoms with van der Waals surface area (Å²) in [5.74, 6) is -2.00. The molecule has 5 rings (SSSR count).